The predicted molar refractivity (Wildman–Crippen MR) is 41.7 cm³/mol. The minimum atomic E-state index is -4.50. The Hall–Kier alpha value is -1.30. The zero-order valence-electron chi connectivity index (χ0n) is 7.30. The van der Waals surface area contributed by atoms with Gasteiger partial charge < -0.3 is 9.84 Å². The molecule has 1 aromatic heterocycles. The summed E-state index contributed by atoms with van der Waals surface area (Å²) in [4.78, 5) is 3.48. The number of alkyl halides is 3. The molecule has 0 aromatic carbocycles. The zero-order chi connectivity index (χ0) is 10.8. The highest BCUT2D eigenvalue weighted by Gasteiger charge is 2.34. The summed E-state index contributed by atoms with van der Waals surface area (Å²) < 4.78 is 41.5. The molecule has 0 aliphatic carbocycles. The van der Waals surface area contributed by atoms with E-state index in [9.17, 15) is 13.2 Å². The number of aliphatic hydroxyl groups is 1. The Bertz CT molecular complexity index is 325. The summed E-state index contributed by atoms with van der Waals surface area (Å²) in [5.74, 6) is 0.0436. The smallest absolute Gasteiger partial charge is 0.418 e. The lowest BCUT2D eigenvalue weighted by molar-refractivity contribution is -0.139. The van der Waals surface area contributed by atoms with E-state index in [-0.39, 0.29) is 5.88 Å². The van der Waals surface area contributed by atoms with E-state index in [0.29, 0.717) is 0 Å². The maximum atomic E-state index is 12.3. The van der Waals surface area contributed by atoms with E-state index in [1.54, 1.807) is 0 Å². The van der Waals surface area contributed by atoms with Crippen molar-refractivity contribution in [2.45, 2.75) is 12.8 Å². The molecule has 6 heteroatoms. The van der Waals surface area contributed by atoms with Crippen molar-refractivity contribution in [2.75, 3.05) is 7.11 Å². The van der Waals surface area contributed by atoms with Crippen molar-refractivity contribution in [2.24, 2.45) is 0 Å². The molecule has 0 radical (unpaired) electrons. The van der Waals surface area contributed by atoms with Gasteiger partial charge in [0.1, 0.15) is 0 Å². The lowest BCUT2D eigenvalue weighted by Gasteiger charge is -2.10. The molecule has 0 fully saturated rings. The molecule has 1 aromatic rings. The van der Waals surface area contributed by atoms with E-state index >= 15 is 0 Å². The first-order chi connectivity index (χ1) is 6.49. The van der Waals surface area contributed by atoms with Crippen LogP contribution in [0.1, 0.15) is 11.3 Å². The van der Waals surface area contributed by atoms with Gasteiger partial charge in [-0.1, -0.05) is 0 Å². The Morgan fingerprint density at radius 2 is 2.07 bits per heavy atom. The standard InChI is InChI=1S/C8H8F3NO2/c1-14-7-3-2-5(8(9,10)11)6(4-13)12-7/h2-3,13H,4H2,1H3. The topological polar surface area (TPSA) is 42.4 Å². The number of aromatic nitrogens is 1. The molecule has 0 unspecified atom stereocenters. The number of rotatable bonds is 2. The van der Waals surface area contributed by atoms with Gasteiger partial charge in [-0.05, 0) is 6.07 Å². The Labute approximate surface area is 78.2 Å². The number of pyridine rings is 1. The first kappa shape index (κ1) is 10.8. The lowest BCUT2D eigenvalue weighted by atomic mass is 10.2. The molecular weight excluding hydrogens is 199 g/mol. The summed E-state index contributed by atoms with van der Waals surface area (Å²) in [6.07, 6.45) is -4.50. The SMILES string of the molecule is COc1ccc(C(F)(F)F)c(CO)n1. The molecule has 1 rings (SSSR count). The van der Waals surface area contributed by atoms with Gasteiger partial charge in [0.25, 0.3) is 0 Å². The third-order valence-electron chi connectivity index (χ3n) is 1.61. The van der Waals surface area contributed by atoms with Gasteiger partial charge in [-0.25, -0.2) is 4.98 Å². The van der Waals surface area contributed by atoms with E-state index in [1.807, 2.05) is 0 Å². The summed E-state index contributed by atoms with van der Waals surface area (Å²) in [5, 5.41) is 8.68. The molecule has 78 valence electrons. The van der Waals surface area contributed by atoms with Crippen molar-refractivity contribution in [3.05, 3.63) is 23.4 Å². The largest absolute Gasteiger partial charge is 0.481 e. The van der Waals surface area contributed by atoms with Crippen LogP contribution in [0.4, 0.5) is 13.2 Å². The maximum absolute atomic E-state index is 12.3. The Kier molecular flexibility index (Phi) is 2.95. The van der Waals surface area contributed by atoms with Gasteiger partial charge >= 0.3 is 6.18 Å². The van der Waals surface area contributed by atoms with Crippen LogP contribution in [0.15, 0.2) is 12.1 Å². The highest BCUT2D eigenvalue weighted by molar-refractivity contribution is 5.27. The lowest BCUT2D eigenvalue weighted by Crippen LogP contribution is -2.11. The molecule has 0 spiro atoms. The van der Waals surface area contributed by atoms with Crippen molar-refractivity contribution in [3.63, 3.8) is 0 Å². The Balaban J connectivity index is 3.18. The van der Waals surface area contributed by atoms with Crippen molar-refractivity contribution < 1.29 is 23.0 Å². The number of nitrogens with zero attached hydrogens (tertiary/aromatic N) is 1. The molecule has 14 heavy (non-hydrogen) atoms. The van der Waals surface area contributed by atoms with Crippen LogP contribution >= 0.6 is 0 Å². The van der Waals surface area contributed by atoms with E-state index in [1.165, 1.54) is 7.11 Å². The highest BCUT2D eigenvalue weighted by Crippen LogP contribution is 2.32. The van der Waals surface area contributed by atoms with Crippen LogP contribution in [0.25, 0.3) is 0 Å². The van der Waals surface area contributed by atoms with E-state index in [0.717, 1.165) is 12.1 Å². The van der Waals surface area contributed by atoms with Crippen LogP contribution in [-0.2, 0) is 12.8 Å². The number of methoxy groups -OCH3 is 1. The number of aliphatic hydroxyl groups excluding tert-OH is 1. The molecule has 0 atom stereocenters. The van der Waals surface area contributed by atoms with Crippen LogP contribution in [0.5, 0.6) is 5.88 Å². The molecule has 0 saturated heterocycles. The van der Waals surface area contributed by atoms with E-state index in [4.69, 9.17) is 5.11 Å². The molecule has 0 aliphatic rings. The second-order valence-electron chi connectivity index (χ2n) is 2.50. The van der Waals surface area contributed by atoms with Crippen LogP contribution < -0.4 is 4.74 Å². The first-order valence-electron chi connectivity index (χ1n) is 3.71. The third kappa shape index (κ3) is 2.14. The molecule has 0 aliphatic heterocycles. The quantitative estimate of drug-likeness (QED) is 0.800. The monoisotopic (exact) mass is 207 g/mol. The van der Waals surface area contributed by atoms with Gasteiger partial charge in [-0.15, -0.1) is 0 Å². The van der Waals surface area contributed by atoms with E-state index < -0.39 is 24.0 Å². The number of halogens is 3. The molecule has 3 nitrogen and oxygen atoms in total. The fourth-order valence-electron chi connectivity index (χ4n) is 0.974. The average molecular weight is 207 g/mol. The number of hydrogen-bond donors (Lipinski definition) is 1. The average Bonchev–Trinajstić information content (AvgIpc) is 2.15. The second-order valence-corrected chi connectivity index (χ2v) is 2.50. The van der Waals surface area contributed by atoms with Crippen molar-refractivity contribution in [1.82, 2.24) is 4.98 Å². The molecular formula is C8H8F3NO2. The third-order valence-corrected chi connectivity index (χ3v) is 1.61. The molecule has 0 amide bonds. The fraction of sp³-hybridized carbons (Fsp3) is 0.375. The summed E-state index contributed by atoms with van der Waals surface area (Å²) in [6.45, 7) is -0.772. The molecule has 0 saturated carbocycles. The van der Waals surface area contributed by atoms with Gasteiger partial charge in [-0.2, -0.15) is 13.2 Å². The Morgan fingerprint density at radius 3 is 2.50 bits per heavy atom. The summed E-state index contributed by atoms with van der Waals surface area (Å²) in [6, 6.07) is 1.93. The van der Waals surface area contributed by atoms with Crippen LogP contribution in [-0.4, -0.2) is 17.2 Å². The van der Waals surface area contributed by atoms with E-state index in [2.05, 4.69) is 9.72 Å². The summed E-state index contributed by atoms with van der Waals surface area (Å²) >= 11 is 0. The minimum absolute atomic E-state index is 0.0436. The van der Waals surface area contributed by atoms with Crippen LogP contribution in [0, 0.1) is 0 Å². The van der Waals surface area contributed by atoms with Crippen molar-refractivity contribution in [3.8, 4) is 5.88 Å². The summed E-state index contributed by atoms with van der Waals surface area (Å²) in [7, 11) is 1.29. The maximum Gasteiger partial charge on any atom is 0.418 e. The van der Waals surface area contributed by atoms with Gasteiger partial charge in [0.2, 0.25) is 5.88 Å². The van der Waals surface area contributed by atoms with Gasteiger partial charge in [0.05, 0.1) is 25.0 Å². The van der Waals surface area contributed by atoms with Crippen LogP contribution in [0.3, 0.4) is 0 Å². The normalized spacial score (nSPS) is 11.5. The molecule has 1 N–H and O–H groups in total. The predicted octanol–water partition coefficient (Wildman–Crippen LogP) is 1.60. The Morgan fingerprint density at radius 1 is 1.43 bits per heavy atom. The van der Waals surface area contributed by atoms with Gasteiger partial charge in [0.15, 0.2) is 0 Å². The fourth-order valence-corrected chi connectivity index (χ4v) is 0.974. The first-order valence-corrected chi connectivity index (χ1v) is 3.71. The molecule has 0 bridgehead atoms. The van der Waals surface area contributed by atoms with Gasteiger partial charge in [0, 0.05) is 6.07 Å². The zero-order valence-corrected chi connectivity index (χ0v) is 7.30. The molecule has 1 heterocycles. The number of hydrogen-bond acceptors (Lipinski definition) is 3. The summed E-state index contributed by atoms with van der Waals surface area (Å²) in [5.41, 5.74) is -1.38. The second kappa shape index (κ2) is 3.83. The van der Waals surface area contributed by atoms with Crippen LogP contribution in [0.2, 0.25) is 0 Å². The van der Waals surface area contributed by atoms with Crippen molar-refractivity contribution >= 4 is 0 Å². The highest BCUT2D eigenvalue weighted by atomic mass is 19.4. The van der Waals surface area contributed by atoms with Gasteiger partial charge in [-0.3, -0.25) is 0 Å². The minimum Gasteiger partial charge on any atom is -0.481 e. The number of ether oxygens (including phenoxy) is 1. The van der Waals surface area contributed by atoms with Crippen molar-refractivity contribution in [1.29, 1.82) is 0 Å².